The average Bonchev–Trinajstić information content (AvgIpc) is 3.34. The largest absolute Gasteiger partial charge is 0.340 e. The molecule has 2 aromatic carbocycles. The molecule has 3 rings (SSSR count). The summed E-state index contributed by atoms with van der Waals surface area (Å²) in [6, 6.07) is 12.4. The Morgan fingerprint density at radius 3 is 2.50 bits per heavy atom. The first-order valence-corrected chi connectivity index (χ1v) is 12.4. The molecule has 0 aliphatic carbocycles. The van der Waals surface area contributed by atoms with Crippen LogP contribution in [0.15, 0.2) is 72.1 Å². The third-order valence-corrected chi connectivity index (χ3v) is 6.80. The smallest absolute Gasteiger partial charge is 0.257 e. The van der Waals surface area contributed by atoms with Gasteiger partial charge in [-0.25, -0.2) is 13.4 Å². The molecule has 0 fully saturated rings. The van der Waals surface area contributed by atoms with Crippen LogP contribution in [0.3, 0.4) is 0 Å². The minimum Gasteiger partial charge on any atom is -0.340 e. The molecule has 0 spiro atoms. The highest BCUT2D eigenvalue weighted by Gasteiger charge is 2.27. The van der Waals surface area contributed by atoms with E-state index in [1.807, 2.05) is 37.6 Å². The summed E-state index contributed by atoms with van der Waals surface area (Å²) in [5.41, 5.74) is 4.47. The van der Waals surface area contributed by atoms with Gasteiger partial charge in [0.15, 0.2) is 0 Å². The van der Waals surface area contributed by atoms with E-state index in [0.29, 0.717) is 18.5 Å². The van der Waals surface area contributed by atoms with E-state index in [2.05, 4.69) is 20.6 Å². The highest BCUT2D eigenvalue weighted by molar-refractivity contribution is 7.89. The maximum absolute atomic E-state index is 12.9. The molecular formula is C24H29N5O4S. The van der Waals surface area contributed by atoms with Crippen LogP contribution in [0.25, 0.3) is 0 Å². The van der Waals surface area contributed by atoms with Crippen LogP contribution in [0.2, 0.25) is 0 Å². The Morgan fingerprint density at radius 2 is 1.85 bits per heavy atom. The molecule has 1 aromatic heterocycles. The maximum atomic E-state index is 12.9. The zero-order valence-electron chi connectivity index (χ0n) is 19.4. The van der Waals surface area contributed by atoms with Crippen molar-refractivity contribution in [2.45, 2.75) is 44.7 Å². The first kappa shape index (κ1) is 25.1. The van der Waals surface area contributed by atoms with Crippen LogP contribution in [-0.4, -0.2) is 35.8 Å². The Labute approximate surface area is 199 Å². The third kappa shape index (κ3) is 6.52. The van der Waals surface area contributed by atoms with Gasteiger partial charge in [0, 0.05) is 24.5 Å². The number of carbonyl (C=O) groups is 2. The van der Waals surface area contributed by atoms with Crippen molar-refractivity contribution in [3.63, 3.8) is 0 Å². The Morgan fingerprint density at radius 1 is 1.12 bits per heavy atom. The molecule has 0 radical (unpaired) electrons. The molecule has 2 atom stereocenters. The standard InChI is InChI=1S/C24H29N5O4S/c1-4-18(3)22(24(31)27-28-34(32,33)21-10-8-17(2)9-11-21)26-23(30)20-7-5-6-19(14-20)15-29-13-12-25-16-29/h5-14,16,18,22,28H,4,15H2,1-3H3,(H,26,30)(H,27,31)/t18-,22-/m0/s1. The van der Waals surface area contributed by atoms with Crippen molar-refractivity contribution in [2.24, 2.45) is 5.92 Å². The van der Waals surface area contributed by atoms with Crippen LogP contribution in [0.1, 0.15) is 41.8 Å². The lowest BCUT2D eigenvalue weighted by Crippen LogP contribution is -2.54. The number of nitrogens with zero attached hydrogens (tertiary/aromatic N) is 2. The maximum Gasteiger partial charge on any atom is 0.257 e. The molecular weight excluding hydrogens is 454 g/mol. The molecule has 9 nitrogen and oxygen atoms in total. The summed E-state index contributed by atoms with van der Waals surface area (Å²) >= 11 is 0. The van der Waals surface area contributed by atoms with Gasteiger partial charge in [0.2, 0.25) is 0 Å². The first-order chi connectivity index (χ1) is 16.2. The molecule has 180 valence electrons. The van der Waals surface area contributed by atoms with Gasteiger partial charge in [0.1, 0.15) is 6.04 Å². The molecule has 0 aliphatic heterocycles. The predicted molar refractivity (Wildman–Crippen MR) is 128 cm³/mol. The molecule has 0 aliphatic rings. The Kier molecular flexibility index (Phi) is 8.19. The number of hydrogen-bond acceptors (Lipinski definition) is 5. The number of carbonyl (C=O) groups excluding carboxylic acids is 2. The van der Waals surface area contributed by atoms with Crippen molar-refractivity contribution in [2.75, 3.05) is 0 Å². The highest BCUT2D eigenvalue weighted by atomic mass is 32.2. The summed E-state index contributed by atoms with van der Waals surface area (Å²) in [6.45, 7) is 6.10. The highest BCUT2D eigenvalue weighted by Crippen LogP contribution is 2.13. The van der Waals surface area contributed by atoms with Gasteiger partial charge in [-0.15, -0.1) is 4.83 Å². The summed E-state index contributed by atoms with van der Waals surface area (Å²) in [4.78, 5) is 31.9. The van der Waals surface area contributed by atoms with Gasteiger partial charge >= 0.3 is 0 Å². The van der Waals surface area contributed by atoms with Gasteiger partial charge in [-0.05, 0) is 42.7 Å². The normalized spacial score (nSPS) is 13.1. The fraction of sp³-hybridized carbons (Fsp3) is 0.292. The van der Waals surface area contributed by atoms with Gasteiger partial charge in [-0.3, -0.25) is 15.0 Å². The number of aromatic nitrogens is 2. The van der Waals surface area contributed by atoms with E-state index in [0.717, 1.165) is 11.1 Å². The Balaban J connectivity index is 1.68. The molecule has 0 unspecified atom stereocenters. The molecule has 1 heterocycles. The summed E-state index contributed by atoms with van der Waals surface area (Å²) in [5.74, 6) is -1.30. The van der Waals surface area contributed by atoms with Crippen LogP contribution in [-0.2, 0) is 21.4 Å². The van der Waals surface area contributed by atoms with E-state index >= 15 is 0 Å². The molecule has 0 saturated carbocycles. The topological polar surface area (TPSA) is 122 Å². The minimum absolute atomic E-state index is 0.0252. The minimum atomic E-state index is -3.95. The fourth-order valence-electron chi connectivity index (χ4n) is 3.30. The fourth-order valence-corrected chi connectivity index (χ4v) is 4.15. The average molecular weight is 484 g/mol. The number of imidazole rings is 1. The monoisotopic (exact) mass is 483 g/mol. The second-order valence-electron chi connectivity index (χ2n) is 8.18. The third-order valence-electron chi connectivity index (χ3n) is 5.54. The van der Waals surface area contributed by atoms with Crippen molar-refractivity contribution in [3.05, 3.63) is 83.9 Å². The second kappa shape index (κ2) is 11.1. The number of hydrazine groups is 1. The summed E-state index contributed by atoms with van der Waals surface area (Å²) in [7, 11) is -3.95. The van der Waals surface area contributed by atoms with Crippen molar-refractivity contribution < 1.29 is 18.0 Å². The van der Waals surface area contributed by atoms with Crippen LogP contribution in [0.5, 0.6) is 0 Å². The van der Waals surface area contributed by atoms with E-state index in [4.69, 9.17) is 0 Å². The van der Waals surface area contributed by atoms with Gasteiger partial charge in [0.25, 0.3) is 21.8 Å². The van der Waals surface area contributed by atoms with Crippen molar-refractivity contribution in [1.29, 1.82) is 0 Å². The summed E-state index contributed by atoms with van der Waals surface area (Å²) in [6.07, 6.45) is 5.80. The van der Waals surface area contributed by atoms with E-state index in [1.165, 1.54) is 12.1 Å². The van der Waals surface area contributed by atoms with Crippen LogP contribution >= 0.6 is 0 Å². The zero-order valence-corrected chi connectivity index (χ0v) is 20.2. The van der Waals surface area contributed by atoms with Crippen molar-refractivity contribution in [3.8, 4) is 0 Å². The van der Waals surface area contributed by atoms with E-state index in [1.54, 1.807) is 42.9 Å². The van der Waals surface area contributed by atoms with Gasteiger partial charge in [0.05, 0.1) is 11.2 Å². The van der Waals surface area contributed by atoms with E-state index < -0.39 is 27.9 Å². The van der Waals surface area contributed by atoms with Gasteiger partial charge in [-0.1, -0.05) is 50.1 Å². The van der Waals surface area contributed by atoms with Crippen molar-refractivity contribution in [1.82, 2.24) is 25.1 Å². The molecule has 34 heavy (non-hydrogen) atoms. The summed E-state index contributed by atoms with van der Waals surface area (Å²) in [5, 5.41) is 2.75. The molecule has 3 N–H and O–H groups in total. The predicted octanol–water partition coefficient (Wildman–Crippen LogP) is 2.39. The number of sulfonamides is 1. The molecule has 2 amide bonds. The molecule has 0 bridgehead atoms. The number of rotatable bonds is 10. The van der Waals surface area contributed by atoms with Crippen LogP contribution in [0.4, 0.5) is 0 Å². The quantitative estimate of drug-likeness (QED) is 0.382. The lowest BCUT2D eigenvalue weighted by Gasteiger charge is -2.23. The SMILES string of the molecule is CC[C@H](C)[C@H](NC(=O)c1cccc(Cn2ccnc2)c1)C(=O)NNS(=O)(=O)c1ccc(C)cc1. The van der Waals surface area contributed by atoms with Crippen LogP contribution in [0, 0.1) is 12.8 Å². The lowest BCUT2D eigenvalue weighted by atomic mass is 9.98. The van der Waals surface area contributed by atoms with E-state index in [9.17, 15) is 18.0 Å². The van der Waals surface area contributed by atoms with Gasteiger partial charge in [-0.2, -0.15) is 0 Å². The number of hydrogen-bond donors (Lipinski definition) is 3. The zero-order chi connectivity index (χ0) is 24.7. The first-order valence-electron chi connectivity index (χ1n) is 10.9. The molecule has 3 aromatic rings. The van der Waals surface area contributed by atoms with E-state index in [-0.39, 0.29) is 10.8 Å². The number of amides is 2. The lowest BCUT2D eigenvalue weighted by molar-refractivity contribution is -0.124. The number of aryl methyl sites for hydroxylation is 1. The summed E-state index contributed by atoms with van der Waals surface area (Å²) < 4.78 is 26.9. The molecule has 0 saturated heterocycles. The molecule has 10 heteroatoms. The number of nitrogens with one attached hydrogen (secondary N) is 3. The Hall–Kier alpha value is -3.50. The van der Waals surface area contributed by atoms with Crippen LogP contribution < -0.4 is 15.6 Å². The second-order valence-corrected chi connectivity index (χ2v) is 9.86. The number of benzene rings is 2. The Bertz CT molecular complexity index is 1220. The van der Waals surface area contributed by atoms with Gasteiger partial charge < -0.3 is 9.88 Å². The van der Waals surface area contributed by atoms with Crippen molar-refractivity contribution >= 4 is 21.8 Å².